The van der Waals surface area contributed by atoms with Crippen LogP contribution >= 0.6 is 0 Å². The highest BCUT2D eigenvalue weighted by molar-refractivity contribution is 6.07. The number of fused-ring (bicyclic) bond motifs is 1. The molecule has 1 fully saturated rings. The van der Waals surface area contributed by atoms with E-state index in [0.717, 1.165) is 23.3 Å². The summed E-state index contributed by atoms with van der Waals surface area (Å²) in [5.74, 6) is -0.259. The van der Waals surface area contributed by atoms with Crippen molar-refractivity contribution in [2.24, 2.45) is 0 Å². The van der Waals surface area contributed by atoms with Gasteiger partial charge in [-0.1, -0.05) is 25.1 Å². The Hall–Kier alpha value is -1.88. The van der Waals surface area contributed by atoms with E-state index in [4.69, 9.17) is 5.11 Å². The maximum Gasteiger partial charge on any atom is 0.325 e. The number of aliphatic hydroxyl groups excluding tert-OH is 1. The molecule has 0 radical (unpaired) electrons. The van der Waals surface area contributed by atoms with Crippen LogP contribution in [-0.4, -0.2) is 35.1 Å². The van der Waals surface area contributed by atoms with Gasteiger partial charge in [-0.05, 0) is 48.8 Å². The van der Waals surface area contributed by atoms with Gasteiger partial charge in [-0.2, -0.15) is 0 Å². The SMILES string of the molecule is CCC1(c2ccc3c(c2)CCCC3)NC(=O)N(CCO)C1=O. The highest BCUT2D eigenvalue weighted by Gasteiger charge is 2.51. The minimum Gasteiger partial charge on any atom is -0.395 e. The quantitative estimate of drug-likeness (QED) is 0.832. The first kappa shape index (κ1) is 15.0. The number of benzene rings is 1. The monoisotopic (exact) mass is 302 g/mol. The fraction of sp³-hybridized carbons (Fsp3) is 0.529. The lowest BCUT2D eigenvalue weighted by Crippen LogP contribution is -2.43. The van der Waals surface area contributed by atoms with Gasteiger partial charge in [0.05, 0.1) is 13.2 Å². The second-order valence-corrected chi connectivity index (χ2v) is 6.06. The first-order chi connectivity index (χ1) is 10.6. The number of imide groups is 1. The van der Waals surface area contributed by atoms with Crippen LogP contribution in [0.4, 0.5) is 4.79 Å². The molecule has 0 saturated carbocycles. The van der Waals surface area contributed by atoms with E-state index in [2.05, 4.69) is 17.4 Å². The Bertz CT molecular complexity index is 614. The molecule has 0 bridgehead atoms. The number of amides is 3. The molecule has 5 nitrogen and oxygen atoms in total. The zero-order valence-corrected chi connectivity index (χ0v) is 12.9. The van der Waals surface area contributed by atoms with Gasteiger partial charge in [0.2, 0.25) is 0 Å². The number of hydrogen-bond acceptors (Lipinski definition) is 3. The van der Waals surface area contributed by atoms with Crippen LogP contribution in [0.25, 0.3) is 0 Å². The second kappa shape index (κ2) is 5.72. The van der Waals surface area contributed by atoms with Crippen molar-refractivity contribution in [1.82, 2.24) is 10.2 Å². The summed E-state index contributed by atoms with van der Waals surface area (Å²) in [5, 5.41) is 11.9. The van der Waals surface area contributed by atoms with Gasteiger partial charge in [0, 0.05) is 0 Å². The number of hydrogen-bond donors (Lipinski definition) is 2. The number of urea groups is 1. The van der Waals surface area contributed by atoms with Crippen LogP contribution in [0.5, 0.6) is 0 Å². The Labute approximate surface area is 130 Å². The minimum absolute atomic E-state index is 0.0390. The van der Waals surface area contributed by atoms with Crippen molar-refractivity contribution in [2.75, 3.05) is 13.2 Å². The molecule has 0 aromatic heterocycles. The Balaban J connectivity index is 2.00. The van der Waals surface area contributed by atoms with Crippen LogP contribution in [0.2, 0.25) is 0 Å². The zero-order chi connectivity index (χ0) is 15.7. The van der Waals surface area contributed by atoms with Crippen LogP contribution in [0.15, 0.2) is 18.2 Å². The van der Waals surface area contributed by atoms with Crippen molar-refractivity contribution < 1.29 is 14.7 Å². The number of nitrogens with one attached hydrogen (secondary N) is 1. The molecule has 1 saturated heterocycles. The summed E-state index contributed by atoms with van der Waals surface area (Å²) in [4.78, 5) is 26.0. The fourth-order valence-electron chi connectivity index (χ4n) is 3.57. The van der Waals surface area contributed by atoms with Gasteiger partial charge in [0.1, 0.15) is 5.54 Å². The van der Waals surface area contributed by atoms with E-state index in [1.54, 1.807) is 0 Å². The third-order valence-electron chi connectivity index (χ3n) is 4.87. The van der Waals surface area contributed by atoms with Gasteiger partial charge in [0.15, 0.2) is 0 Å². The Kier molecular flexibility index (Phi) is 3.91. The topological polar surface area (TPSA) is 69.6 Å². The van der Waals surface area contributed by atoms with E-state index in [1.165, 1.54) is 24.0 Å². The van der Waals surface area contributed by atoms with E-state index in [9.17, 15) is 9.59 Å². The Morgan fingerprint density at radius 3 is 2.64 bits per heavy atom. The number of aryl methyl sites for hydroxylation is 2. The van der Waals surface area contributed by atoms with E-state index in [-0.39, 0.29) is 19.1 Å². The number of aliphatic hydroxyl groups is 1. The molecule has 118 valence electrons. The molecule has 1 unspecified atom stereocenters. The van der Waals surface area contributed by atoms with Crippen molar-refractivity contribution in [1.29, 1.82) is 0 Å². The maximum atomic E-state index is 12.8. The molecule has 5 heteroatoms. The first-order valence-corrected chi connectivity index (χ1v) is 7.99. The molecule has 2 N–H and O–H groups in total. The standard InChI is InChI=1S/C17H22N2O3/c1-2-17(15(21)19(9-10-20)16(22)18-17)14-8-7-12-5-3-4-6-13(12)11-14/h7-8,11,20H,2-6,9-10H2,1H3,(H,18,22). The lowest BCUT2D eigenvalue weighted by atomic mass is 9.82. The van der Waals surface area contributed by atoms with Gasteiger partial charge < -0.3 is 10.4 Å². The maximum absolute atomic E-state index is 12.8. The summed E-state index contributed by atoms with van der Waals surface area (Å²) >= 11 is 0. The molecule has 1 aromatic rings. The van der Waals surface area contributed by atoms with Gasteiger partial charge in [-0.15, -0.1) is 0 Å². The number of carbonyl (C=O) groups excluding carboxylic acids is 2. The number of β-amino-alcohol motifs (C(OH)–C–C–N with tert-alkyl or cyclic N) is 1. The van der Waals surface area contributed by atoms with E-state index in [1.807, 2.05) is 13.0 Å². The van der Waals surface area contributed by atoms with Crippen molar-refractivity contribution in [2.45, 2.75) is 44.6 Å². The number of nitrogens with zero attached hydrogens (tertiary/aromatic N) is 1. The molecular weight excluding hydrogens is 280 g/mol. The van der Waals surface area contributed by atoms with E-state index >= 15 is 0 Å². The third-order valence-corrected chi connectivity index (χ3v) is 4.87. The molecule has 1 aliphatic carbocycles. The summed E-state index contributed by atoms with van der Waals surface area (Å²) in [6.45, 7) is 1.72. The largest absolute Gasteiger partial charge is 0.395 e. The summed E-state index contributed by atoms with van der Waals surface area (Å²) < 4.78 is 0. The summed E-state index contributed by atoms with van der Waals surface area (Å²) in [7, 11) is 0. The molecular formula is C17H22N2O3. The average molecular weight is 302 g/mol. The summed E-state index contributed by atoms with van der Waals surface area (Å²) in [6.07, 6.45) is 5.01. The average Bonchev–Trinajstić information content (AvgIpc) is 2.80. The molecule has 1 atom stereocenters. The summed E-state index contributed by atoms with van der Waals surface area (Å²) in [6, 6.07) is 5.72. The Morgan fingerprint density at radius 2 is 1.95 bits per heavy atom. The highest BCUT2D eigenvalue weighted by atomic mass is 16.3. The van der Waals surface area contributed by atoms with Crippen LogP contribution in [0.3, 0.4) is 0 Å². The van der Waals surface area contributed by atoms with Gasteiger partial charge in [-0.25, -0.2) is 4.79 Å². The lowest BCUT2D eigenvalue weighted by Gasteiger charge is -2.27. The highest BCUT2D eigenvalue weighted by Crippen LogP contribution is 2.34. The van der Waals surface area contributed by atoms with Gasteiger partial charge in [0.25, 0.3) is 5.91 Å². The lowest BCUT2D eigenvalue weighted by molar-refractivity contribution is -0.132. The minimum atomic E-state index is -0.987. The molecule has 1 heterocycles. The predicted molar refractivity (Wildman–Crippen MR) is 82.4 cm³/mol. The molecule has 3 amide bonds. The summed E-state index contributed by atoms with van der Waals surface area (Å²) in [5.41, 5.74) is 2.51. The van der Waals surface area contributed by atoms with Crippen molar-refractivity contribution in [3.63, 3.8) is 0 Å². The first-order valence-electron chi connectivity index (χ1n) is 7.99. The number of carbonyl (C=O) groups is 2. The van der Waals surface area contributed by atoms with Crippen molar-refractivity contribution in [3.05, 3.63) is 34.9 Å². The molecule has 0 spiro atoms. The van der Waals surface area contributed by atoms with Gasteiger partial charge in [-0.3, -0.25) is 9.69 Å². The molecule has 3 rings (SSSR count). The van der Waals surface area contributed by atoms with Crippen LogP contribution in [0, 0.1) is 0 Å². The molecule has 1 aliphatic heterocycles. The van der Waals surface area contributed by atoms with Crippen LogP contribution in [-0.2, 0) is 23.2 Å². The second-order valence-electron chi connectivity index (χ2n) is 6.06. The molecule has 1 aromatic carbocycles. The number of rotatable bonds is 4. The predicted octanol–water partition coefficient (Wildman–Crippen LogP) is 1.71. The van der Waals surface area contributed by atoms with Crippen LogP contribution < -0.4 is 5.32 Å². The fourth-order valence-corrected chi connectivity index (χ4v) is 3.57. The third kappa shape index (κ3) is 2.20. The smallest absolute Gasteiger partial charge is 0.325 e. The molecule has 2 aliphatic rings. The van der Waals surface area contributed by atoms with Crippen LogP contribution in [0.1, 0.15) is 42.9 Å². The van der Waals surface area contributed by atoms with Crippen molar-refractivity contribution >= 4 is 11.9 Å². The van der Waals surface area contributed by atoms with Gasteiger partial charge >= 0.3 is 6.03 Å². The van der Waals surface area contributed by atoms with E-state index < -0.39 is 11.6 Å². The Morgan fingerprint density at radius 1 is 1.23 bits per heavy atom. The van der Waals surface area contributed by atoms with Crippen molar-refractivity contribution in [3.8, 4) is 0 Å². The zero-order valence-electron chi connectivity index (χ0n) is 12.9. The van der Waals surface area contributed by atoms with E-state index in [0.29, 0.717) is 6.42 Å². The normalized spacial score (nSPS) is 24.4. The molecule has 22 heavy (non-hydrogen) atoms.